The highest BCUT2D eigenvalue weighted by Gasteiger charge is 2.17. The van der Waals surface area contributed by atoms with Crippen LogP contribution in [0.5, 0.6) is 5.75 Å². The zero-order chi connectivity index (χ0) is 12.3. The number of phenols is 1. The second-order valence-electron chi connectivity index (χ2n) is 5.22. The lowest BCUT2D eigenvalue weighted by Crippen LogP contribution is -2.12. The molecule has 0 heterocycles. The van der Waals surface area contributed by atoms with Crippen LogP contribution in [-0.4, -0.2) is 16.8 Å². The maximum atomic E-state index is 10.00. The molecule has 90 valence electrons. The summed E-state index contributed by atoms with van der Waals surface area (Å²) in [6, 6.07) is 4.07. The van der Waals surface area contributed by atoms with Gasteiger partial charge in [-0.15, -0.1) is 0 Å². The molecule has 2 heteroatoms. The first-order valence-corrected chi connectivity index (χ1v) is 5.86. The van der Waals surface area contributed by atoms with Gasteiger partial charge in [0.1, 0.15) is 5.75 Å². The Morgan fingerprint density at radius 3 is 2.12 bits per heavy atom. The monoisotopic (exact) mass is 222 g/mol. The fourth-order valence-corrected chi connectivity index (χ4v) is 1.77. The van der Waals surface area contributed by atoms with Crippen molar-refractivity contribution in [1.82, 2.24) is 0 Å². The van der Waals surface area contributed by atoms with Crippen LogP contribution in [0.1, 0.15) is 44.4 Å². The molecule has 0 saturated heterocycles. The first-order chi connectivity index (χ1) is 7.40. The van der Waals surface area contributed by atoms with Crippen molar-refractivity contribution in [3.63, 3.8) is 0 Å². The van der Waals surface area contributed by atoms with Gasteiger partial charge in [-0.25, -0.2) is 0 Å². The maximum absolute atomic E-state index is 10.00. The number of aliphatic hydroxyl groups excluding tert-OH is 1. The number of hydrogen-bond donors (Lipinski definition) is 2. The van der Waals surface area contributed by atoms with E-state index in [9.17, 15) is 5.11 Å². The van der Waals surface area contributed by atoms with Crippen molar-refractivity contribution in [1.29, 1.82) is 0 Å². The molecule has 0 aromatic heterocycles. The Balaban J connectivity index is 3.28. The highest BCUT2D eigenvalue weighted by atomic mass is 16.3. The minimum atomic E-state index is 0.0713. The van der Waals surface area contributed by atoms with Gasteiger partial charge in [-0.2, -0.15) is 0 Å². The average molecular weight is 222 g/mol. The zero-order valence-electron chi connectivity index (χ0n) is 10.7. The number of phenolic OH excluding ortho intramolecular Hbond substituents is 1. The van der Waals surface area contributed by atoms with E-state index in [1.165, 1.54) is 5.56 Å². The Morgan fingerprint density at radius 1 is 1.12 bits per heavy atom. The van der Waals surface area contributed by atoms with Crippen molar-refractivity contribution < 1.29 is 10.2 Å². The van der Waals surface area contributed by atoms with Crippen LogP contribution in [-0.2, 0) is 18.3 Å². The van der Waals surface area contributed by atoms with Crippen LogP contribution in [0.25, 0.3) is 0 Å². The summed E-state index contributed by atoms with van der Waals surface area (Å²) in [5.41, 5.74) is 3.11. The summed E-state index contributed by atoms with van der Waals surface area (Å²) in [6.45, 7) is 8.57. The predicted octanol–water partition coefficient (Wildman–Crippen LogP) is 2.79. The number of aliphatic hydroxyl groups is 1. The van der Waals surface area contributed by atoms with E-state index in [0.717, 1.165) is 17.5 Å². The molecule has 0 unspecified atom stereocenters. The molecule has 0 bridgehead atoms. The van der Waals surface area contributed by atoms with Crippen molar-refractivity contribution in [2.75, 3.05) is 6.61 Å². The molecule has 0 radical (unpaired) electrons. The smallest absolute Gasteiger partial charge is 0.122 e. The number of rotatable bonds is 3. The van der Waals surface area contributed by atoms with E-state index >= 15 is 0 Å². The van der Waals surface area contributed by atoms with E-state index in [-0.39, 0.29) is 12.0 Å². The summed E-state index contributed by atoms with van der Waals surface area (Å²) in [7, 11) is 0. The molecule has 0 amide bonds. The van der Waals surface area contributed by atoms with Gasteiger partial charge in [0.2, 0.25) is 0 Å². The minimum absolute atomic E-state index is 0.0713. The maximum Gasteiger partial charge on any atom is 0.122 e. The molecular weight excluding hydrogens is 200 g/mol. The van der Waals surface area contributed by atoms with Crippen LogP contribution in [0.4, 0.5) is 0 Å². The first kappa shape index (κ1) is 13.0. The third-order valence-electron chi connectivity index (χ3n) is 2.90. The summed E-state index contributed by atoms with van der Waals surface area (Å²) >= 11 is 0. The minimum Gasteiger partial charge on any atom is -0.507 e. The summed E-state index contributed by atoms with van der Waals surface area (Å²) in [5.74, 6) is 0.351. The third-order valence-corrected chi connectivity index (χ3v) is 2.90. The molecule has 0 fully saturated rings. The van der Waals surface area contributed by atoms with Crippen LogP contribution in [0.15, 0.2) is 12.1 Å². The van der Waals surface area contributed by atoms with Crippen LogP contribution < -0.4 is 0 Å². The first-order valence-electron chi connectivity index (χ1n) is 5.86. The van der Waals surface area contributed by atoms with Gasteiger partial charge in [0.05, 0.1) is 0 Å². The summed E-state index contributed by atoms with van der Waals surface area (Å²) in [5, 5.41) is 19.0. The van der Waals surface area contributed by atoms with E-state index in [1.54, 1.807) is 0 Å². The quantitative estimate of drug-likeness (QED) is 0.825. The summed E-state index contributed by atoms with van der Waals surface area (Å²) in [6.07, 6.45) is 1.33. The molecule has 0 aliphatic carbocycles. The van der Waals surface area contributed by atoms with Crippen molar-refractivity contribution >= 4 is 0 Å². The molecule has 2 N–H and O–H groups in total. The molecule has 0 spiro atoms. The standard InChI is InChI=1S/C14H22O2/c1-5-10-8-12(14(2,3)4)9-11(6-7-15)13(10)16/h8-9,15-16H,5-7H2,1-4H3. The molecule has 1 rings (SSSR count). The Labute approximate surface area is 97.9 Å². The lowest BCUT2D eigenvalue weighted by atomic mass is 9.84. The Bertz CT molecular complexity index is 362. The lowest BCUT2D eigenvalue weighted by Gasteiger charge is -2.22. The topological polar surface area (TPSA) is 40.5 Å². The van der Waals surface area contributed by atoms with E-state index in [1.807, 2.05) is 13.0 Å². The van der Waals surface area contributed by atoms with Crippen molar-refractivity contribution in [3.05, 3.63) is 28.8 Å². The van der Waals surface area contributed by atoms with Crippen LogP contribution >= 0.6 is 0 Å². The highest BCUT2D eigenvalue weighted by molar-refractivity contribution is 5.45. The van der Waals surface area contributed by atoms with E-state index in [0.29, 0.717) is 12.2 Å². The van der Waals surface area contributed by atoms with Gasteiger partial charge in [-0.05, 0) is 34.9 Å². The van der Waals surface area contributed by atoms with Gasteiger partial charge < -0.3 is 10.2 Å². The van der Waals surface area contributed by atoms with Gasteiger partial charge in [0, 0.05) is 6.61 Å². The number of benzene rings is 1. The zero-order valence-corrected chi connectivity index (χ0v) is 10.7. The molecule has 0 atom stereocenters. The number of aryl methyl sites for hydroxylation is 1. The van der Waals surface area contributed by atoms with Gasteiger partial charge in [0.15, 0.2) is 0 Å². The Morgan fingerprint density at radius 2 is 1.69 bits per heavy atom. The van der Waals surface area contributed by atoms with E-state index in [2.05, 4.69) is 26.8 Å². The molecule has 2 nitrogen and oxygen atoms in total. The largest absolute Gasteiger partial charge is 0.507 e. The predicted molar refractivity (Wildman–Crippen MR) is 67.0 cm³/mol. The fourth-order valence-electron chi connectivity index (χ4n) is 1.77. The van der Waals surface area contributed by atoms with Crippen LogP contribution in [0.2, 0.25) is 0 Å². The molecule has 0 aliphatic rings. The molecule has 16 heavy (non-hydrogen) atoms. The van der Waals surface area contributed by atoms with Crippen molar-refractivity contribution in [2.45, 2.75) is 46.0 Å². The SMILES string of the molecule is CCc1cc(C(C)(C)C)cc(CCO)c1O. The van der Waals surface area contributed by atoms with E-state index < -0.39 is 0 Å². The molecule has 1 aromatic carbocycles. The van der Waals surface area contributed by atoms with Gasteiger partial charge in [-0.3, -0.25) is 0 Å². The number of hydrogen-bond acceptors (Lipinski definition) is 2. The fraction of sp³-hybridized carbons (Fsp3) is 0.571. The Hall–Kier alpha value is -1.02. The second kappa shape index (κ2) is 4.88. The highest BCUT2D eigenvalue weighted by Crippen LogP contribution is 2.31. The van der Waals surface area contributed by atoms with Crippen molar-refractivity contribution in [2.24, 2.45) is 0 Å². The molecule has 0 saturated carbocycles. The normalized spacial score (nSPS) is 11.8. The summed E-state index contributed by atoms with van der Waals surface area (Å²) in [4.78, 5) is 0. The Kier molecular flexibility index (Phi) is 3.98. The van der Waals surface area contributed by atoms with Crippen LogP contribution in [0, 0.1) is 0 Å². The molecular formula is C14H22O2. The van der Waals surface area contributed by atoms with Gasteiger partial charge in [0.25, 0.3) is 0 Å². The molecule has 0 aliphatic heterocycles. The third kappa shape index (κ3) is 2.76. The molecule has 1 aromatic rings. The summed E-state index contributed by atoms with van der Waals surface area (Å²) < 4.78 is 0. The van der Waals surface area contributed by atoms with Crippen LogP contribution in [0.3, 0.4) is 0 Å². The van der Waals surface area contributed by atoms with Gasteiger partial charge >= 0.3 is 0 Å². The average Bonchev–Trinajstić information content (AvgIpc) is 2.19. The lowest BCUT2D eigenvalue weighted by molar-refractivity contribution is 0.297. The van der Waals surface area contributed by atoms with E-state index in [4.69, 9.17) is 5.11 Å². The number of aromatic hydroxyl groups is 1. The second-order valence-corrected chi connectivity index (χ2v) is 5.22. The van der Waals surface area contributed by atoms with Gasteiger partial charge in [-0.1, -0.05) is 39.8 Å². The van der Waals surface area contributed by atoms with Crippen molar-refractivity contribution in [3.8, 4) is 5.75 Å².